The van der Waals surface area contributed by atoms with Crippen LogP contribution in [0, 0.1) is 0 Å². The molecule has 1 N–H and O–H groups in total. The van der Waals surface area contributed by atoms with Crippen molar-refractivity contribution >= 4 is 5.97 Å². The number of hydrogen-bond donors (Lipinski definition) is 1. The molecule has 98 valence electrons. The molecular formula is C12H21NO4. The fourth-order valence-electron chi connectivity index (χ4n) is 2.83. The summed E-state index contributed by atoms with van der Waals surface area (Å²) in [7, 11) is 1.73. The first-order valence-corrected chi connectivity index (χ1v) is 6.20. The largest absolute Gasteiger partial charge is 0.480 e. The molecule has 0 saturated carbocycles. The lowest BCUT2D eigenvalue weighted by Crippen LogP contribution is -2.46. The van der Waals surface area contributed by atoms with E-state index in [4.69, 9.17) is 14.6 Å². The molecule has 0 amide bonds. The van der Waals surface area contributed by atoms with E-state index in [1.807, 2.05) is 4.90 Å². The van der Waals surface area contributed by atoms with Crippen LogP contribution in [0.3, 0.4) is 0 Å². The molecule has 3 atom stereocenters. The zero-order chi connectivity index (χ0) is 12.5. The number of aliphatic carboxylic acids is 1. The van der Waals surface area contributed by atoms with Crippen LogP contribution in [0.1, 0.15) is 26.2 Å². The van der Waals surface area contributed by atoms with Gasteiger partial charge < -0.3 is 14.6 Å². The number of carboxylic acid groups (broad SMARTS) is 1. The summed E-state index contributed by atoms with van der Waals surface area (Å²) in [4.78, 5) is 13.0. The number of carbonyl (C=O) groups is 1. The third-order valence-corrected chi connectivity index (χ3v) is 4.03. The SMILES string of the molecule is CO[C@@H]1CCO[C@]2(CCN([C@H](C)C(=O)O)C2)C1. The van der Waals surface area contributed by atoms with E-state index in [2.05, 4.69) is 0 Å². The molecular weight excluding hydrogens is 222 g/mol. The minimum absolute atomic E-state index is 0.178. The highest BCUT2D eigenvalue weighted by Crippen LogP contribution is 2.35. The molecule has 0 radical (unpaired) electrons. The normalized spacial score (nSPS) is 36.2. The van der Waals surface area contributed by atoms with Crippen molar-refractivity contribution < 1.29 is 19.4 Å². The summed E-state index contributed by atoms with van der Waals surface area (Å²) in [6, 6.07) is -0.430. The number of ether oxygens (including phenoxy) is 2. The molecule has 2 fully saturated rings. The summed E-state index contributed by atoms with van der Waals surface area (Å²) in [6.45, 7) is 3.95. The fourth-order valence-corrected chi connectivity index (χ4v) is 2.83. The predicted octanol–water partition coefficient (Wildman–Crippen LogP) is 0.729. The van der Waals surface area contributed by atoms with E-state index in [9.17, 15) is 4.79 Å². The maximum Gasteiger partial charge on any atom is 0.320 e. The molecule has 0 unspecified atom stereocenters. The van der Waals surface area contributed by atoms with E-state index < -0.39 is 12.0 Å². The van der Waals surface area contributed by atoms with Crippen molar-refractivity contribution in [2.45, 2.75) is 43.9 Å². The summed E-state index contributed by atoms with van der Waals surface area (Å²) in [6.07, 6.45) is 2.98. The first-order chi connectivity index (χ1) is 8.06. The van der Waals surface area contributed by atoms with Crippen LogP contribution in [-0.4, -0.2) is 60.5 Å². The van der Waals surface area contributed by atoms with Crippen molar-refractivity contribution in [2.24, 2.45) is 0 Å². The summed E-state index contributed by atoms with van der Waals surface area (Å²) >= 11 is 0. The number of nitrogens with zero attached hydrogens (tertiary/aromatic N) is 1. The van der Waals surface area contributed by atoms with Crippen molar-refractivity contribution in [3.05, 3.63) is 0 Å². The Morgan fingerprint density at radius 1 is 1.65 bits per heavy atom. The van der Waals surface area contributed by atoms with Crippen molar-refractivity contribution in [2.75, 3.05) is 26.8 Å². The lowest BCUT2D eigenvalue weighted by Gasteiger charge is -2.38. The van der Waals surface area contributed by atoms with E-state index in [-0.39, 0.29) is 11.7 Å². The van der Waals surface area contributed by atoms with Crippen LogP contribution in [0.4, 0.5) is 0 Å². The molecule has 0 aliphatic carbocycles. The Balaban J connectivity index is 1.98. The molecule has 0 aromatic rings. The van der Waals surface area contributed by atoms with Crippen LogP contribution >= 0.6 is 0 Å². The topological polar surface area (TPSA) is 59.0 Å². The molecule has 2 aliphatic rings. The van der Waals surface area contributed by atoms with Crippen molar-refractivity contribution in [1.82, 2.24) is 4.90 Å². The van der Waals surface area contributed by atoms with E-state index in [0.29, 0.717) is 13.2 Å². The maximum atomic E-state index is 11.0. The van der Waals surface area contributed by atoms with Gasteiger partial charge in [0.1, 0.15) is 6.04 Å². The molecule has 5 heteroatoms. The molecule has 2 aliphatic heterocycles. The Bertz CT molecular complexity index is 296. The van der Waals surface area contributed by atoms with Crippen LogP contribution < -0.4 is 0 Å². The zero-order valence-corrected chi connectivity index (χ0v) is 10.5. The highest BCUT2D eigenvalue weighted by molar-refractivity contribution is 5.72. The highest BCUT2D eigenvalue weighted by atomic mass is 16.5. The lowest BCUT2D eigenvalue weighted by atomic mass is 9.91. The minimum atomic E-state index is -0.763. The van der Waals surface area contributed by atoms with Crippen LogP contribution in [0.5, 0.6) is 0 Å². The van der Waals surface area contributed by atoms with Gasteiger partial charge >= 0.3 is 5.97 Å². The van der Waals surface area contributed by atoms with Gasteiger partial charge in [-0.25, -0.2) is 0 Å². The number of methoxy groups -OCH3 is 1. The molecule has 2 saturated heterocycles. The molecule has 5 nitrogen and oxygen atoms in total. The Labute approximate surface area is 102 Å². The number of rotatable bonds is 3. The second-order valence-electron chi connectivity index (χ2n) is 5.12. The fraction of sp³-hybridized carbons (Fsp3) is 0.917. The van der Waals surface area contributed by atoms with Gasteiger partial charge in [0.15, 0.2) is 0 Å². The average molecular weight is 243 g/mol. The monoisotopic (exact) mass is 243 g/mol. The minimum Gasteiger partial charge on any atom is -0.480 e. The smallest absolute Gasteiger partial charge is 0.320 e. The van der Waals surface area contributed by atoms with Gasteiger partial charge in [-0.15, -0.1) is 0 Å². The molecule has 2 rings (SSSR count). The lowest BCUT2D eigenvalue weighted by molar-refractivity contribution is -0.144. The zero-order valence-electron chi connectivity index (χ0n) is 10.5. The Kier molecular flexibility index (Phi) is 3.70. The van der Waals surface area contributed by atoms with E-state index >= 15 is 0 Å². The Morgan fingerprint density at radius 2 is 2.41 bits per heavy atom. The van der Waals surface area contributed by atoms with Crippen molar-refractivity contribution in [1.29, 1.82) is 0 Å². The summed E-state index contributed by atoms with van der Waals surface area (Å²) in [5.74, 6) is -0.763. The predicted molar refractivity (Wildman–Crippen MR) is 62.0 cm³/mol. The van der Waals surface area contributed by atoms with Gasteiger partial charge in [0, 0.05) is 33.2 Å². The average Bonchev–Trinajstić information content (AvgIpc) is 2.71. The molecule has 1 spiro atoms. The molecule has 2 heterocycles. The van der Waals surface area contributed by atoms with Crippen molar-refractivity contribution in [3.8, 4) is 0 Å². The number of hydrogen-bond acceptors (Lipinski definition) is 4. The molecule has 0 aromatic heterocycles. The third kappa shape index (κ3) is 2.61. The molecule has 0 aromatic carbocycles. The van der Waals surface area contributed by atoms with Crippen LogP contribution in [0.25, 0.3) is 0 Å². The standard InChI is InChI=1S/C12H21NO4/c1-9(11(14)15)13-5-4-12(8-13)7-10(16-2)3-6-17-12/h9-10H,3-8H2,1-2H3,(H,14,15)/t9-,10-,12-/m1/s1. The Morgan fingerprint density at radius 3 is 3.06 bits per heavy atom. The highest BCUT2D eigenvalue weighted by Gasteiger charge is 2.45. The first-order valence-electron chi connectivity index (χ1n) is 6.20. The third-order valence-electron chi connectivity index (χ3n) is 4.03. The van der Waals surface area contributed by atoms with E-state index in [1.54, 1.807) is 14.0 Å². The van der Waals surface area contributed by atoms with E-state index in [0.717, 1.165) is 25.8 Å². The van der Waals surface area contributed by atoms with Gasteiger partial charge in [0.05, 0.1) is 11.7 Å². The Hall–Kier alpha value is -0.650. The van der Waals surface area contributed by atoms with Crippen LogP contribution in [0.2, 0.25) is 0 Å². The summed E-state index contributed by atoms with van der Waals surface area (Å²) in [5, 5.41) is 9.02. The van der Waals surface area contributed by atoms with Gasteiger partial charge in [0.25, 0.3) is 0 Å². The van der Waals surface area contributed by atoms with Gasteiger partial charge in [-0.3, -0.25) is 9.69 Å². The molecule has 17 heavy (non-hydrogen) atoms. The quantitative estimate of drug-likeness (QED) is 0.792. The summed E-state index contributed by atoms with van der Waals surface area (Å²) < 4.78 is 11.3. The second kappa shape index (κ2) is 4.92. The van der Waals surface area contributed by atoms with Crippen LogP contribution in [0.15, 0.2) is 0 Å². The maximum absolute atomic E-state index is 11.0. The first kappa shape index (κ1) is 12.8. The van der Waals surface area contributed by atoms with Gasteiger partial charge in [-0.2, -0.15) is 0 Å². The van der Waals surface area contributed by atoms with Gasteiger partial charge in [0.2, 0.25) is 0 Å². The summed E-state index contributed by atoms with van der Waals surface area (Å²) in [5.41, 5.74) is -0.178. The van der Waals surface area contributed by atoms with Gasteiger partial charge in [-0.05, 0) is 19.8 Å². The molecule has 0 bridgehead atoms. The second-order valence-corrected chi connectivity index (χ2v) is 5.12. The number of likely N-dealkylation sites (tertiary alicyclic amines) is 1. The van der Waals surface area contributed by atoms with Crippen LogP contribution in [-0.2, 0) is 14.3 Å². The van der Waals surface area contributed by atoms with E-state index in [1.165, 1.54) is 0 Å². The van der Waals surface area contributed by atoms with Gasteiger partial charge in [-0.1, -0.05) is 0 Å². The van der Waals surface area contributed by atoms with Crippen molar-refractivity contribution in [3.63, 3.8) is 0 Å². The number of carboxylic acids is 1.